The first kappa shape index (κ1) is 19.4. The first-order chi connectivity index (χ1) is 13.5. The van der Waals surface area contributed by atoms with Crippen LogP contribution in [0.3, 0.4) is 0 Å². The van der Waals surface area contributed by atoms with Crippen molar-refractivity contribution in [3.8, 4) is 0 Å². The molecule has 0 radical (unpaired) electrons. The molecule has 2 aliphatic heterocycles. The number of amides is 2. The summed E-state index contributed by atoms with van der Waals surface area (Å²) in [5.41, 5.74) is 2.48. The highest BCUT2D eigenvalue weighted by Gasteiger charge is 2.41. The number of carbonyl (C=O) groups excluding carboxylic acids is 2. The van der Waals surface area contributed by atoms with E-state index in [0.717, 1.165) is 44.3 Å². The van der Waals surface area contributed by atoms with E-state index in [-0.39, 0.29) is 17.7 Å². The van der Waals surface area contributed by atoms with Crippen LogP contribution in [-0.4, -0.2) is 47.3 Å². The number of piperidine rings is 1. The highest BCUT2D eigenvalue weighted by atomic mass is 16.2. The van der Waals surface area contributed by atoms with Crippen LogP contribution in [0.5, 0.6) is 0 Å². The van der Waals surface area contributed by atoms with E-state index in [1.165, 1.54) is 17.5 Å². The van der Waals surface area contributed by atoms with Crippen molar-refractivity contribution >= 4 is 11.8 Å². The molecule has 1 saturated carbocycles. The van der Waals surface area contributed by atoms with Crippen molar-refractivity contribution in [2.75, 3.05) is 19.6 Å². The van der Waals surface area contributed by atoms with E-state index in [9.17, 15) is 9.59 Å². The molecule has 1 N–H and O–H groups in total. The Morgan fingerprint density at radius 3 is 2.43 bits per heavy atom. The van der Waals surface area contributed by atoms with Gasteiger partial charge in [-0.3, -0.25) is 14.5 Å². The maximum absolute atomic E-state index is 12.6. The normalized spacial score (nSPS) is 28.6. The molecule has 28 heavy (non-hydrogen) atoms. The standard InChI is InChI=1S/C23H33N3O2/c1-16-9-17(2)13-25(12-16)14-19-6-4-3-5-18(19)11-24-23(28)20-10-22(27)26(15-20)21-7-8-21/h3-6,16-17,20-21H,7-15H2,1-2H3,(H,24,28)/t16-,17+,20-/m0/s1. The Hall–Kier alpha value is -1.88. The number of rotatable bonds is 6. The molecule has 0 unspecified atom stereocenters. The van der Waals surface area contributed by atoms with Crippen molar-refractivity contribution in [2.45, 2.75) is 58.7 Å². The van der Waals surface area contributed by atoms with Crippen molar-refractivity contribution in [3.63, 3.8) is 0 Å². The minimum absolute atomic E-state index is 0.0199. The molecule has 1 aromatic carbocycles. The summed E-state index contributed by atoms with van der Waals surface area (Å²) in [7, 11) is 0. The third-order valence-corrected chi connectivity index (χ3v) is 6.43. The summed E-state index contributed by atoms with van der Waals surface area (Å²) >= 11 is 0. The minimum Gasteiger partial charge on any atom is -0.352 e. The van der Waals surface area contributed by atoms with Crippen LogP contribution in [0.2, 0.25) is 0 Å². The SMILES string of the molecule is C[C@@H]1C[C@H](C)CN(Cc2ccccc2CNC(=O)[C@H]2CC(=O)N(C3CC3)C2)C1. The maximum atomic E-state index is 12.6. The Bertz CT molecular complexity index is 720. The molecule has 0 aromatic heterocycles. The molecule has 1 aromatic rings. The lowest BCUT2D eigenvalue weighted by molar-refractivity contribution is -0.129. The van der Waals surface area contributed by atoms with E-state index in [1.54, 1.807) is 0 Å². The molecule has 3 fully saturated rings. The van der Waals surface area contributed by atoms with Crippen molar-refractivity contribution in [1.82, 2.24) is 15.1 Å². The molecule has 2 heterocycles. The Morgan fingerprint density at radius 1 is 1.07 bits per heavy atom. The summed E-state index contributed by atoms with van der Waals surface area (Å²) in [5, 5.41) is 3.10. The van der Waals surface area contributed by atoms with Gasteiger partial charge in [0.2, 0.25) is 11.8 Å². The molecule has 0 bridgehead atoms. The van der Waals surface area contributed by atoms with Crippen LogP contribution >= 0.6 is 0 Å². The number of nitrogens with one attached hydrogen (secondary N) is 1. The van der Waals surface area contributed by atoms with E-state index in [2.05, 4.69) is 42.3 Å². The molecule has 4 rings (SSSR count). The van der Waals surface area contributed by atoms with Gasteiger partial charge >= 0.3 is 0 Å². The second-order valence-electron chi connectivity index (χ2n) is 9.30. The number of carbonyl (C=O) groups is 2. The third kappa shape index (κ3) is 4.57. The monoisotopic (exact) mass is 383 g/mol. The predicted octanol–water partition coefficient (Wildman–Crippen LogP) is 2.79. The molecule has 2 amide bonds. The average molecular weight is 384 g/mol. The van der Waals surface area contributed by atoms with Gasteiger partial charge in [0.15, 0.2) is 0 Å². The fourth-order valence-electron chi connectivity index (χ4n) is 5.02. The molecule has 152 valence electrons. The Balaban J connectivity index is 1.33. The van der Waals surface area contributed by atoms with Gasteiger partial charge in [0, 0.05) is 45.2 Å². The van der Waals surface area contributed by atoms with Crippen LogP contribution < -0.4 is 5.32 Å². The van der Waals surface area contributed by atoms with Crippen LogP contribution in [0.15, 0.2) is 24.3 Å². The zero-order chi connectivity index (χ0) is 19.7. The lowest BCUT2D eigenvalue weighted by atomic mass is 9.91. The van der Waals surface area contributed by atoms with Crippen molar-refractivity contribution < 1.29 is 9.59 Å². The molecule has 3 aliphatic rings. The van der Waals surface area contributed by atoms with Crippen molar-refractivity contribution in [3.05, 3.63) is 35.4 Å². The average Bonchev–Trinajstić information content (AvgIpc) is 3.41. The largest absolute Gasteiger partial charge is 0.352 e. The molecular formula is C23H33N3O2. The van der Waals surface area contributed by atoms with Crippen LogP contribution in [0.25, 0.3) is 0 Å². The Kier molecular flexibility index (Phi) is 5.72. The summed E-state index contributed by atoms with van der Waals surface area (Å²) in [4.78, 5) is 29.2. The van der Waals surface area contributed by atoms with E-state index >= 15 is 0 Å². The lowest BCUT2D eigenvalue weighted by Gasteiger charge is -2.35. The predicted molar refractivity (Wildman–Crippen MR) is 109 cm³/mol. The summed E-state index contributed by atoms with van der Waals surface area (Å²) in [6.07, 6.45) is 3.88. The fraction of sp³-hybridized carbons (Fsp3) is 0.652. The molecule has 5 nitrogen and oxygen atoms in total. The van der Waals surface area contributed by atoms with Crippen LogP contribution in [0.4, 0.5) is 0 Å². The van der Waals surface area contributed by atoms with Crippen molar-refractivity contribution in [1.29, 1.82) is 0 Å². The molecule has 1 aliphatic carbocycles. The van der Waals surface area contributed by atoms with Crippen LogP contribution in [0, 0.1) is 17.8 Å². The second kappa shape index (κ2) is 8.24. The quantitative estimate of drug-likeness (QED) is 0.822. The van der Waals surface area contributed by atoms with Gasteiger partial charge in [-0.05, 0) is 42.2 Å². The molecule has 0 spiro atoms. The first-order valence-corrected chi connectivity index (χ1v) is 10.9. The van der Waals surface area contributed by atoms with E-state index in [1.807, 2.05) is 11.0 Å². The molecule has 2 saturated heterocycles. The van der Waals surface area contributed by atoms with Crippen LogP contribution in [0.1, 0.15) is 50.7 Å². The van der Waals surface area contributed by atoms with Crippen molar-refractivity contribution in [2.24, 2.45) is 17.8 Å². The molecule has 5 heteroatoms. The van der Waals surface area contributed by atoms with Gasteiger partial charge in [0.05, 0.1) is 5.92 Å². The second-order valence-corrected chi connectivity index (χ2v) is 9.30. The number of hydrogen-bond donors (Lipinski definition) is 1. The topological polar surface area (TPSA) is 52.7 Å². The van der Waals surface area contributed by atoms with Gasteiger partial charge in [0.25, 0.3) is 0 Å². The van der Waals surface area contributed by atoms with Gasteiger partial charge in [-0.15, -0.1) is 0 Å². The summed E-state index contributed by atoms with van der Waals surface area (Å²) in [6, 6.07) is 8.82. The smallest absolute Gasteiger partial charge is 0.225 e. The zero-order valence-electron chi connectivity index (χ0n) is 17.2. The maximum Gasteiger partial charge on any atom is 0.225 e. The van der Waals surface area contributed by atoms with Gasteiger partial charge in [-0.25, -0.2) is 0 Å². The lowest BCUT2D eigenvalue weighted by Crippen LogP contribution is -2.38. The molecular weight excluding hydrogens is 350 g/mol. The summed E-state index contributed by atoms with van der Waals surface area (Å²) in [5.74, 6) is 1.46. The van der Waals surface area contributed by atoms with Crippen LogP contribution in [-0.2, 0) is 22.7 Å². The number of nitrogens with zero attached hydrogens (tertiary/aromatic N) is 2. The Morgan fingerprint density at radius 2 is 1.75 bits per heavy atom. The van der Waals surface area contributed by atoms with Gasteiger partial charge < -0.3 is 10.2 Å². The zero-order valence-corrected chi connectivity index (χ0v) is 17.2. The highest BCUT2D eigenvalue weighted by Crippen LogP contribution is 2.32. The van der Waals surface area contributed by atoms with E-state index < -0.39 is 0 Å². The summed E-state index contributed by atoms with van der Waals surface area (Å²) < 4.78 is 0. The van der Waals surface area contributed by atoms with Gasteiger partial charge in [0.1, 0.15) is 0 Å². The molecule has 3 atom stereocenters. The highest BCUT2D eigenvalue weighted by molar-refractivity contribution is 5.89. The van der Waals surface area contributed by atoms with E-state index in [4.69, 9.17) is 0 Å². The minimum atomic E-state index is -0.191. The van der Waals surface area contributed by atoms with Gasteiger partial charge in [-0.2, -0.15) is 0 Å². The third-order valence-electron chi connectivity index (χ3n) is 6.43. The Labute approximate surface area is 168 Å². The number of benzene rings is 1. The van der Waals surface area contributed by atoms with E-state index in [0.29, 0.717) is 25.6 Å². The fourth-order valence-corrected chi connectivity index (χ4v) is 5.02. The first-order valence-electron chi connectivity index (χ1n) is 10.9. The number of hydrogen-bond acceptors (Lipinski definition) is 3. The summed E-state index contributed by atoms with van der Waals surface area (Å²) in [6.45, 7) is 9.05. The number of likely N-dealkylation sites (tertiary alicyclic amines) is 2. The van der Waals surface area contributed by atoms with Gasteiger partial charge in [-0.1, -0.05) is 38.1 Å².